The van der Waals surface area contributed by atoms with Crippen molar-refractivity contribution in [2.75, 3.05) is 12.4 Å². The van der Waals surface area contributed by atoms with Gasteiger partial charge in [-0.25, -0.2) is 0 Å². The molecule has 0 N–H and O–H groups in total. The number of carbonyl (C=O) groups excluding carboxylic acids is 1. The Labute approximate surface area is 139 Å². The Morgan fingerprint density at radius 2 is 2.14 bits per heavy atom. The number of aryl methyl sites for hydroxylation is 1. The summed E-state index contributed by atoms with van der Waals surface area (Å²) in [6.45, 7) is 9.39. The molecule has 22 heavy (non-hydrogen) atoms. The van der Waals surface area contributed by atoms with Crippen molar-refractivity contribution in [1.82, 2.24) is 14.8 Å². The van der Waals surface area contributed by atoms with Crippen LogP contribution in [0.1, 0.15) is 30.7 Å². The lowest BCUT2D eigenvalue weighted by atomic mass is 10.1. The highest BCUT2D eigenvalue weighted by Gasteiger charge is 2.18. The highest BCUT2D eigenvalue weighted by atomic mass is 32.2. The van der Waals surface area contributed by atoms with Crippen LogP contribution in [0.2, 0.25) is 0 Å². The minimum Gasteiger partial charge on any atom is -0.465 e. The average molecular weight is 339 g/mol. The Kier molecular flexibility index (Phi) is 6.02. The summed E-state index contributed by atoms with van der Waals surface area (Å²) in [6, 6.07) is 0. The van der Waals surface area contributed by atoms with Crippen molar-refractivity contribution in [3.63, 3.8) is 0 Å². The van der Waals surface area contributed by atoms with E-state index < -0.39 is 0 Å². The maximum Gasteiger partial charge on any atom is 0.316 e. The van der Waals surface area contributed by atoms with Crippen molar-refractivity contribution in [2.24, 2.45) is 0 Å². The van der Waals surface area contributed by atoms with E-state index >= 15 is 0 Å². The van der Waals surface area contributed by atoms with Crippen LogP contribution in [-0.2, 0) is 16.1 Å². The van der Waals surface area contributed by atoms with E-state index in [9.17, 15) is 4.79 Å². The number of hydrogen-bond donors (Lipinski definition) is 0. The third kappa shape index (κ3) is 3.70. The van der Waals surface area contributed by atoms with Gasteiger partial charge in [0.15, 0.2) is 11.0 Å². The minimum absolute atomic E-state index is 0.220. The van der Waals surface area contributed by atoms with Crippen molar-refractivity contribution in [1.29, 1.82) is 0 Å². The van der Waals surface area contributed by atoms with Gasteiger partial charge in [0.05, 0.1) is 12.4 Å². The monoisotopic (exact) mass is 339 g/mol. The molecular weight excluding hydrogens is 318 g/mol. The van der Waals surface area contributed by atoms with Gasteiger partial charge in [-0.3, -0.25) is 4.79 Å². The van der Waals surface area contributed by atoms with E-state index in [1.54, 1.807) is 11.3 Å². The molecule has 0 spiro atoms. The zero-order valence-electron chi connectivity index (χ0n) is 13.4. The summed E-state index contributed by atoms with van der Waals surface area (Å²) in [5.41, 5.74) is 2.38. The van der Waals surface area contributed by atoms with E-state index in [0.29, 0.717) is 6.61 Å². The fourth-order valence-corrected chi connectivity index (χ4v) is 3.71. The third-order valence-corrected chi connectivity index (χ3v) is 5.27. The first kappa shape index (κ1) is 17.0. The summed E-state index contributed by atoms with van der Waals surface area (Å²) in [5, 5.41) is 11.5. The summed E-state index contributed by atoms with van der Waals surface area (Å²) in [6.07, 6.45) is 0.986. The summed E-state index contributed by atoms with van der Waals surface area (Å²) in [5.74, 6) is 0.926. The maximum absolute atomic E-state index is 11.5. The van der Waals surface area contributed by atoms with Crippen molar-refractivity contribution in [3.8, 4) is 11.4 Å². The van der Waals surface area contributed by atoms with E-state index in [1.165, 1.54) is 22.2 Å². The molecule has 7 heteroatoms. The SMILES string of the molecule is CCCn1c(SCC(=O)OCC)nnc1-c1csc(C)c1C. The number of thiophene rings is 1. The van der Waals surface area contributed by atoms with Crippen LogP contribution in [0.4, 0.5) is 0 Å². The molecule has 0 saturated heterocycles. The summed E-state index contributed by atoms with van der Waals surface area (Å²) < 4.78 is 7.06. The van der Waals surface area contributed by atoms with E-state index in [-0.39, 0.29) is 11.7 Å². The maximum atomic E-state index is 11.5. The van der Waals surface area contributed by atoms with Gasteiger partial charge in [-0.15, -0.1) is 21.5 Å². The molecule has 0 fully saturated rings. The van der Waals surface area contributed by atoms with Crippen molar-refractivity contribution in [3.05, 3.63) is 15.8 Å². The zero-order valence-corrected chi connectivity index (χ0v) is 15.0. The molecule has 2 rings (SSSR count). The van der Waals surface area contributed by atoms with Crippen molar-refractivity contribution < 1.29 is 9.53 Å². The van der Waals surface area contributed by atoms with Gasteiger partial charge in [0.25, 0.3) is 0 Å². The van der Waals surface area contributed by atoms with Crippen LogP contribution in [0.25, 0.3) is 11.4 Å². The van der Waals surface area contributed by atoms with Gasteiger partial charge in [-0.2, -0.15) is 0 Å². The van der Waals surface area contributed by atoms with E-state index in [0.717, 1.165) is 29.5 Å². The normalized spacial score (nSPS) is 10.9. The molecule has 0 atom stereocenters. The van der Waals surface area contributed by atoms with Crippen LogP contribution in [0.15, 0.2) is 10.5 Å². The van der Waals surface area contributed by atoms with Gasteiger partial charge < -0.3 is 9.30 Å². The highest BCUT2D eigenvalue weighted by molar-refractivity contribution is 7.99. The fourth-order valence-electron chi connectivity index (χ4n) is 2.08. The molecule has 2 heterocycles. The van der Waals surface area contributed by atoms with E-state index in [4.69, 9.17) is 4.74 Å². The minimum atomic E-state index is -0.220. The van der Waals surface area contributed by atoms with Crippen LogP contribution in [0.5, 0.6) is 0 Å². The van der Waals surface area contributed by atoms with Gasteiger partial charge in [0.2, 0.25) is 0 Å². The van der Waals surface area contributed by atoms with E-state index in [2.05, 4.69) is 40.9 Å². The Morgan fingerprint density at radius 3 is 2.73 bits per heavy atom. The molecule has 0 aromatic carbocycles. The van der Waals surface area contributed by atoms with Crippen LogP contribution >= 0.6 is 23.1 Å². The van der Waals surface area contributed by atoms with Gasteiger partial charge >= 0.3 is 5.97 Å². The number of ether oxygens (including phenoxy) is 1. The number of thioether (sulfide) groups is 1. The second-order valence-electron chi connectivity index (χ2n) is 4.88. The lowest BCUT2D eigenvalue weighted by Crippen LogP contribution is -2.08. The standard InChI is InChI=1S/C15H21N3O2S2/c1-5-7-18-14(12-8-21-11(4)10(12)3)16-17-15(18)22-9-13(19)20-6-2/h8H,5-7,9H2,1-4H3. The molecule has 2 aromatic rings. The van der Waals surface area contributed by atoms with Gasteiger partial charge in [0.1, 0.15) is 0 Å². The van der Waals surface area contributed by atoms with Crippen molar-refractivity contribution >= 4 is 29.1 Å². The molecule has 0 aliphatic rings. The van der Waals surface area contributed by atoms with Crippen LogP contribution in [0, 0.1) is 13.8 Å². The summed E-state index contributed by atoms with van der Waals surface area (Å²) >= 11 is 3.11. The number of aromatic nitrogens is 3. The predicted molar refractivity (Wildman–Crippen MR) is 90.5 cm³/mol. The lowest BCUT2D eigenvalue weighted by Gasteiger charge is -2.08. The zero-order chi connectivity index (χ0) is 16.1. The molecule has 0 unspecified atom stereocenters. The van der Waals surface area contributed by atoms with Crippen LogP contribution < -0.4 is 0 Å². The Morgan fingerprint density at radius 1 is 1.36 bits per heavy atom. The fraction of sp³-hybridized carbons (Fsp3) is 0.533. The number of carbonyl (C=O) groups is 1. The quantitative estimate of drug-likeness (QED) is 0.569. The number of rotatable bonds is 7. The molecule has 0 radical (unpaired) electrons. The summed E-state index contributed by atoms with van der Waals surface area (Å²) in [7, 11) is 0. The first-order chi connectivity index (χ1) is 10.6. The Balaban J connectivity index is 2.25. The Hall–Kier alpha value is -1.34. The van der Waals surface area contributed by atoms with Crippen LogP contribution in [-0.4, -0.2) is 33.1 Å². The highest BCUT2D eigenvalue weighted by Crippen LogP contribution is 2.31. The lowest BCUT2D eigenvalue weighted by molar-refractivity contribution is -0.139. The average Bonchev–Trinajstić information content (AvgIpc) is 3.03. The number of hydrogen-bond acceptors (Lipinski definition) is 6. The largest absolute Gasteiger partial charge is 0.465 e. The number of nitrogens with zero attached hydrogens (tertiary/aromatic N) is 3. The second-order valence-corrected chi connectivity index (χ2v) is 6.91. The molecule has 120 valence electrons. The van der Waals surface area contributed by atoms with Gasteiger partial charge in [-0.1, -0.05) is 18.7 Å². The summed E-state index contributed by atoms with van der Waals surface area (Å²) in [4.78, 5) is 12.8. The third-order valence-electron chi connectivity index (χ3n) is 3.32. The van der Waals surface area contributed by atoms with E-state index in [1.807, 2.05) is 6.92 Å². The molecule has 5 nitrogen and oxygen atoms in total. The molecule has 0 aliphatic carbocycles. The topological polar surface area (TPSA) is 57.0 Å². The first-order valence-electron chi connectivity index (χ1n) is 7.35. The smallest absolute Gasteiger partial charge is 0.316 e. The molecular formula is C15H21N3O2S2. The van der Waals surface area contributed by atoms with Crippen LogP contribution in [0.3, 0.4) is 0 Å². The Bertz CT molecular complexity index is 649. The molecule has 0 aliphatic heterocycles. The number of esters is 1. The molecule has 0 bridgehead atoms. The molecule has 2 aromatic heterocycles. The first-order valence-corrected chi connectivity index (χ1v) is 9.21. The van der Waals surface area contributed by atoms with Crippen molar-refractivity contribution in [2.45, 2.75) is 45.8 Å². The van der Waals surface area contributed by atoms with Gasteiger partial charge in [-0.05, 0) is 32.8 Å². The second kappa shape index (κ2) is 7.78. The predicted octanol–water partition coefficient (Wildman–Crippen LogP) is 3.69. The van der Waals surface area contributed by atoms with Gasteiger partial charge in [0, 0.05) is 22.4 Å². The molecule has 0 amide bonds. The molecule has 0 saturated carbocycles.